The lowest BCUT2D eigenvalue weighted by Gasteiger charge is -2.19. The van der Waals surface area contributed by atoms with Crippen molar-refractivity contribution in [1.82, 2.24) is 4.57 Å². The minimum absolute atomic E-state index is 0.0948. The highest BCUT2D eigenvalue weighted by molar-refractivity contribution is 6.07. The van der Waals surface area contributed by atoms with Crippen molar-refractivity contribution in [3.05, 3.63) is 99.7 Å². The number of benzene rings is 3. The Labute approximate surface area is 169 Å². The Morgan fingerprint density at radius 1 is 0.862 bits per heavy atom. The maximum Gasteiger partial charge on any atom is 0.257 e. The molecule has 4 rings (SSSR count). The minimum Gasteiger partial charge on any atom is -0.330 e. The molecule has 0 spiro atoms. The van der Waals surface area contributed by atoms with Crippen LogP contribution in [-0.2, 0) is 7.05 Å². The molecule has 0 aliphatic carbocycles. The Hall–Kier alpha value is -3.66. The zero-order valence-corrected chi connectivity index (χ0v) is 16.7. The smallest absolute Gasteiger partial charge is 0.257 e. The van der Waals surface area contributed by atoms with Crippen molar-refractivity contribution in [1.29, 1.82) is 0 Å². The fraction of sp³-hybridized carbons (Fsp3) is 0.120. The predicted octanol–water partition coefficient (Wildman–Crippen LogP) is 5.07. The largest absolute Gasteiger partial charge is 0.330 e. The molecule has 3 aromatic carbocycles. The molecular formula is C25H22N2O2. The highest BCUT2D eigenvalue weighted by Crippen LogP contribution is 2.29. The Morgan fingerprint density at radius 2 is 1.52 bits per heavy atom. The van der Waals surface area contributed by atoms with E-state index in [-0.39, 0.29) is 11.3 Å². The van der Waals surface area contributed by atoms with Crippen LogP contribution < -0.4 is 10.7 Å². The van der Waals surface area contributed by atoms with Gasteiger partial charge in [0.25, 0.3) is 5.91 Å². The van der Waals surface area contributed by atoms with Gasteiger partial charge in [0.15, 0.2) is 5.43 Å². The van der Waals surface area contributed by atoms with Crippen molar-refractivity contribution in [2.24, 2.45) is 7.05 Å². The first-order chi connectivity index (χ1) is 14.0. The van der Waals surface area contributed by atoms with Gasteiger partial charge in [0, 0.05) is 18.0 Å². The van der Waals surface area contributed by atoms with E-state index in [2.05, 4.69) is 5.32 Å². The third-order valence-electron chi connectivity index (χ3n) is 5.27. The number of fused-ring (bicyclic) bond motifs is 1. The molecule has 0 saturated heterocycles. The lowest BCUT2D eigenvalue weighted by Crippen LogP contribution is -2.22. The molecule has 1 N–H and O–H groups in total. The van der Waals surface area contributed by atoms with Crippen molar-refractivity contribution in [2.75, 3.05) is 5.32 Å². The molecule has 1 amide bonds. The number of nitrogens with zero attached hydrogens (tertiary/aromatic N) is 1. The van der Waals surface area contributed by atoms with Gasteiger partial charge in [0.2, 0.25) is 0 Å². The van der Waals surface area contributed by atoms with E-state index in [4.69, 9.17) is 0 Å². The van der Waals surface area contributed by atoms with Crippen molar-refractivity contribution in [3.8, 4) is 11.1 Å². The van der Waals surface area contributed by atoms with Crippen LogP contribution in [0.4, 0.5) is 5.82 Å². The number of aromatic nitrogens is 1. The van der Waals surface area contributed by atoms with Crippen molar-refractivity contribution < 1.29 is 4.79 Å². The molecule has 1 heterocycles. The van der Waals surface area contributed by atoms with E-state index in [1.54, 1.807) is 6.07 Å². The lowest BCUT2D eigenvalue weighted by molar-refractivity contribution is 0.102. The van der Waals surface area contributed by atoms with Crippen LogP contribution in [0.25, 0.3) is 22.0 Å². The predicted molar refractivity (Wildman–Crippen MR) is 118 cm³/mol. The Balaban J connectivity index is 1.96. The van der Waals surface area contributed by atoms with Gasteiger partial charge < -0.3 is 9.88 Å². The Morgan fingerprint density at radius 3 is 2.24 bits per heavy atom. The van der Waals surface area contributed by atoms with Gasteiger partial charge in [-0.25, -0.2) is 0 Å². The van der Waals surface area contributed by atoms with Crippen LogP contribution in [0.5, 0.6) is 0 Å². The second-order valence-electron chi connectivity index (χ2n) is 7.26. The second-order valence-corrected chi connectivity index (χ2v) is 7.26. The van der Waals surface area contributed by atoms with E-state index in [1.807, 2.05) is 92.2 Å². The van der Waals surface area contributed by atoms with E-state index >= 15 is 0 Å². The van der Waals surface area contributed by atoms with Gasteiger partial charge in [-0.15, -0.1) is 0 Å². The molecule has 0 aliphatic rings. The van der Waals surface area contributed by atoms with Crippen LogP contribution in [0.3, 0.4) is 0 Å². The molecule has 4 heteroatoms. The van der Waals surface area contributed by atoms with Gasteiger partial charge in [0.05, 0.1) is 11.1 Å². The number of hydrogen-bond acceptors (Lipinski definition) is 2. The van der Waals surface area contributed by atoms with Crippen molar-refractivity contribution >= 4 is 22.6 Å². The zero-order valence-electron chi connectivity index (χ0n) is 16.7. The molecule has 1 aromatic heterocycles. The summed E-state index contributed by atoms with van der Waals surface area (Å²) in [4.78, 5) is 26.5. The summed E-state index contributed by atoms with van der Waals surface area (Å²) in [6.07, 6.45) is 0. The Kier molecular flexibility index (Phi) is 4.77. The maximum absolute atomic E-state index is 13.4. The monoisotopic (exact) mass is 382 g/mol. The average molecular weight is 382 g/mol. The number of pyridine rings is 1. The topological polar surface area (TPSA) is 51.1 Å². The summed E-state index contributed by atoms with van der Waals surface area (Å²) in [5.41, 5.74) is 4.53. The first-order valence-electron chi connectivity index (χ1n) is 9.53. The fourth-order valence-electron chi connectivity index (χ4n) is 3.63. The maximum atomic E-state index is 13.4. The number of aryl methyl sites for hydroxylation is 3. The van der Waals surface area contributed by atoms with E-state index < -0.39 is 0 Å². The quantitative estimate of drug-likeness (QED) is 0.537. The van der Waals surface area contributed by atoms with Crippen LogP contribution in [0.15, 0.2) is 77.6 Å². The first-order valence-corrected chi connectivity index (χ1v) is 9.53. The van der Waals surface area contributed by atoms with Gasteiger partial charge in [-0.3, -0.25) is 9.59 Å². The highest BCUT2D eigenvalue weighted by atomic mass is 16.1. The van der Waals surface area contributed by atoms with Crippen molar-refractivity contribution in [2.45, 2.75) is 13.8 Å². The average Bonchev–Trinajstić information content (AvgIpc) is 2.73. The summed E-state index contributed by atoms with van der Waals surface area (Å²) in [7, 11) is 1.87. The summed E-state index contributed by atoms with van der Waals surface area (Å²) in [6, 6.07) is 22.7. The summed E-state index contributed by atoms with van der Waals surface area (Å²) in [5, 5.41) is 3.63. The summed E-state index contributed by atoms with van der Waals surface area (Å²) < 4.78 is 1.88. The van der Waals surface area contributed by atoms with Crippen LogP contribution in [0.2, 0.25) is 0 Å². The number of carbonyl (C=O) groups is 1. The zero-order chi connectivity index (χ0) is 20.5. The third-order valence-corrected chi connectivity index (χ3v) is 5.27. The first kappa shape index (κ1) is 18.7. The number of rotatable bonds is 3. The van der Waals surface area contributed by atoms with E-state index in [9.17, 15) is 9.59 Å². The number of hydrogen-bond donors (Lipinski definition) is 1. The van der Waals surface area contributed by atoms with Crippen molar-refractivity contribution in [3.63, 3.8) is 0 Å². The highest BCUT2D eigenvalue weighted by Gasteiger charge is 2.19. The molecular weight excluding hydrogens is 360 g/mol. The molecule has 0 unspecified atom stereocenters. The SMILES string of the molecule is Cc1ccc(-c2c(NC(=O)c3ccccc3C)n(C)c3ccccc3c2=O)cc1. The normalized spacial score (nSPS) is 10.9. The summed E-state index contributed by atoms with van der Waals surface area (Å²) in [5.74, 6) is 0.257. The second kappa shape index (κ2) is 7.40. The van der Waals surface area contributed by atoms with Gasteiger partial charge in [-0.05, 0) is 43.2 Å². The van der Waals surface area contributed by atoms with Gasteiger partial charge in [0.1, 0.15) is 5.82 Å². The van der Waals surface area contributed by atoms with Gasteiger partial charge in [-0.1, -0.05) is 60.2 Å². The van der Waals surface area contributed by atoms with Crippen LogP contribution in [0.1, 0.15) is 21.5 Å². The third kappa shape index (κ3) is 3.34. The molecule has 0 aliphatic heterocycles. The van der Waals surface area contributed by atoms with E-state index in [0.717, 1.165) is 22.2 Å². The number of para-hydroxylation sites is 1. The molecule has 4 aromatic rings. The summed E-state index contributed by atoms with van der Waals surface area (Å²) in [6.45, 7) is 3.90. The van der Waals surface area contributed by atoms with Crippen LogP contribution in [-0.4, -0.2) is 10.5 Å². The number of nitrogens with one attached hydrogen (secondary N) is 1. The molecule has 0 radical (unpaired) electrons. The van der Waals surface area contributed by atoms with Gasteiger partial charge in [-0.2, -0.15) is 0 Å². The fourth-order valence-corrected chi connectivity index (χ4v) is 3.63. The number of carbonyl (C=O) groups excluding carboxylic acids is 1. The molecule has 0 saturated carbocycles. The van der Waals surface area contributed by atoms with Gasteiger partial charge >= 0.3 is 0 Å². The molecule has 4 nitrogen and oxygen atoms in total. The minimum atomic E-state index is -0.234. The lowest BCUT2D eigenvalue weighted by atomic mass is 10.0. The summed E-state index contributed by atoms with van der Waals surface area (Å²) >= 11 is 0. The molecule has 0 bridgehead atoms. The van der Waals surface area contributed by atoms with Crippen LogP contribution in [0, 0.1) is 13.8 Å². The molecule has 0 fully saturated rings. The number of anilines is 1. The standard InChI is InChI=1S/C25H22N2O2/c1-16-12-14-18(15-13-16)22-23(28)20-10-6-7-11-21(20)27(3)24(22)26-25(29)19-9-5-4-8-17(19)2/h4-15H,1-3H3,(H,26,29). The molecule has 144 valence electrons. The Bertz CT molecular complexity index is 1280. The molecule has 29 heavy (non-hydrogen) atoms. The number of amides is 1. The van der Waals surface area contributed by atoms with Crippen LogP contribution >= 0.6 is 0 Å². The van der Waals surface area contributed by atoms with E-state index in [1.165, 1.54) is 0 Å². The molecule has 0 atom stereocenters. The van der Waals surface area contributed by atoms with E-state index in [0.29, 0.717) is 22.3 Å².